The van der Waals surface area contributed by atoms with E-state index in [1.165, 1.54) is 6.07 Å². The van der Waals surface area contributed by atoms with E-state index in [0.29, 0.717) is 11.4 Å². The molecule has 21 heavy (non-hydrogen) atoms. The van der Waals surface area contributed by atoms with Gasteiger partial charge in [0.25, 0.3) is 10.0 Å². The predicted octanol–water partition coefficient (Wildman–Crippen LogP) is 3.66. The van der Waals surface area contributed by atoms with E-state index in [2.05, 4.69) is 27.3 Å². The Morgan fingerprint density at radius 1 is 1.19 bits per heavy atom. The van der Waals surface area contributed by atoms with E-state index >= 15 is 0 Å². The number of rotatable bonds is 5. The van der Waals surface area contributed by atoms with Crippen LogP contribution in [0.25, 0.3) is 0 Å². The van der Waals surface area contributed by atoms with Crippen LogP contribution in [0, 0.1) is 3.57 Å². The molecular formula is C15H16INO3S. The molecule has 2 aromatic carbocycles. The van der Waals surface area contributed by atoms with Gasteiger partial charge >= 0.3 is 0 Å². The van der Waals surface area contributed by atoms with E-state index in [1.807, 2.05) is 25.1 Å². The molecule has 112 valence electrons. The number of nitrogens with one attached hydrogen (secondary N) is 1. The van der Waals surface area contributed by atoms with Crippen molar-refractivity contribution < 1.29 is 13.2 Å². The minimum atomic E-state index is -3.60. The Balaban J connectivity index is 2.36. The summed E-state index contributed by atoms with van der Waals surface area (Å²) >= 11 is 2.05. The van der Waals surface area contributed by atoms with E-state index in [1.54, 1.807) is 25.3 Å². The Hall–Kier alpha value is -1.28. The predicted molar refractivity (Wildman–Crippen MR) is 92.3 cm³/mol. The average Bonchev–Trinajstić information content (AvgIpc) is 2.47. The molecule has 0 aliphatic carbocycles. The zero-order chi connectivity index (χ0) is 15.5. The van der Waals surface area contributed by atoms with Gasteiger partial charge in [0.05, 0.1) is 21.3 Å². The highest BCUT2D eigenvalue weighted by Crippen LogP contribution is 2.26. The maximum Gasteiger partial charge on any atom is 0.261 e. The standard InChI is InChI=1S/C15H16INO3S/c1-3-11-6-4-5-7-14(11)17-21(18,19)12-8-9-15(20-2)13(16)10-12/h4-10,17H,3H2,1-2H3. The molecule has 0 heterocycles. The van der Waals surface area contributed by atoms with Crippen molar-refractivity contribution >= 4 is 38.3 Å². The molecule has 6 heteroatoms. The third-order valence-corrected chi connectivity index (χ3v) is 5.28. The Kier molecular flexibility index (Phi) is 5.10. The number of methoxy groups -OCH3 is 1. The number of ether oxygens (including phenoxy) is 1. The highest BCUT2D eigenvalue weighted by Gasteiger charge is 2.17. The molecule has 0 aliphatic heterocycles. The lowest BCUT2D eigenvalue weighted by molar-refractivity contribution is 0.411. The molecule has 0 saturated carbocycles. The summed E-state index contributed by atoms with van der Waals surface area (Å²) in [6.45, 7) is 1.99. The minimum Gasteiger partial charge on any atom is -0.496 e. The largest absolute Gasteiger partial charge is 0.496 e. The first-order valence-electron chi connectivity index (χ1n) is 6.42. The lowest BCUT2D eigenvalue weighted by Crippen LogP contribution is -2.14. The zero-order valence-corrected chi connectivity index (χ0v) is 14.7. The van der Waals surface area contributed by atoms with E-state index in [-0.39, 0.29) is 4.90 Å². The maximum atomic E-state index is 12.5. The summed E-state index contributed by atoms with van der Waals surface area (Å²) in [5, 5.41) is 0. The molecule has 0 aromatic heterocycles. The fraction of sp³-hybridized carbons (Fsp3) is 0.200. The first kappa shape index (κ1) is 16.1. The van der Waals surface area contributed by atoms with Gasteiger partial charge in [0.15, 0.2) is 0 Å². The number of hydrogen-bond acceptors (Lipinski definition) is 3. The molecule has 0 spiro atoms. The second-order valence-corrected chi connectivity index (χ2v) is 7.26. The van der Waals surface area contributed by atoms with Crippen molar-refractivity contribution in [1.29, 1.82) is 0 Å². The van der Waals surface area contributed by atoms with Gasteiger partial charge in [-0.1, -0.05) is 25.1 Å². The van der Waals surface area contributed by atoms with Crippen LogP contribution in [-0.2, 0) is 16.4 Å². The Morgan fingerprint density at radius 3 is 2.52 bits per heavy atom. The van der Waals surface area contributed by atoms with Crippen molar-refractivity contribution in [1.82, 2.24) is 0 Å². The van der Waals surface area contributed by atoms with Gasteiger partial charge in [0.1, 0.15) is 5.75 Å². The van der Waals surface area contributed by atoms with Crippen LogP contribution >= 0.6 is 22.6 Å². The Morgan fingerprint density at radius 2 is 1.90 bits per heavy atom. The molecule has 0 aliphatic rings. The molecule has 0 fully saturated rings. The van der Waals surface area contributed by atoms with Crippen molar-refractivity contribution in [3.63, 3.8) is 0 Å². The summed E-state index contributed by atoms with van der Waals surface area (Å²) in [5.41, 5.74) is 1.58. The second kappa shape index (κ2) is 6.65. The molecule has 0 saturated heterocycles. The van der Waals surface area contributed by atoms with Gasteiger partial charge in [-0.3, -0.25) is 4.72 Å². The number of anilines is 1. The lowest BCUT2D eigenvalue weighted by Gasteiger charge is -2.12. The smallest absolute Gasteiger partial charge is 0.261 e. The van der Waals surface area contributed by atoms with Crippen LogP contribution in [0.2, 0.25) is 0 Å². The maximum absolute atomic E-state index is 12.5. The van der Waals surface area contributed by atoms with Gasteiger partial charge < -0.3 is 4.74 Å². The van der Waals surface area contributed by atoms with Crippen molar-refractivity contribution in [3.05, 3.63) is 51.6 Å². The second-order valence-electron chi connectivity index (χ2n) is 4.41. The van der Waals surface area contributed by atoms with Gasteiger partial charge in [-0.25, -0.2) is 8.42 Å². The average molecular weight is 417 g/mol. The summed E-state index contributed by atoms with van der Waals surface area (Å²) in [6.07, 6.45) is 0.763. The number of benzene rings is 2. The summed E-state index contributed by atoms with van der Waals surface area (Å²) in [7, 11) is -2.05. The van der Waals surface area contributed by atoms with Crippen LogP contribution in [0.3, 0.4) is 0 Å². The molecule has 4 nitrogen and oxygen atoms in total. The molecular weight excluding hydrogens is 401 g/mol. The van der Waals surface area contributed by atoms with Crippen molar-refractivity contribution in [2.24, 2.45) is 0 Å². The number of aryl methyl sites for hydroxylation is 1. The molecule has 2 rings (SSSR count). The molecule has 0 atom stereocenters. The van der Waals surface area contributed by atoms with E-state index < -0.39 is 10.0 Å². The van der Waals surface area contributed by atoms with Gasteiger partial charge in [-0.15, -0.1) is 0 Å². The lowest BCUT2D eigenvalue weighted by atomic mass is 10.1. The number of halogens is 1. The van der Waals surface area contributed by atoms with Crippen LogP contribution in [0.15, 0.2) is 47.4 Å². The Bertz CT molecular complexity index is 744. The van der Waals surface area contributed by atoms with Gasteiger partial charge in [-0.05, 0) is 58.8 Å². The van der Waals surface area contributed by atoms with Gasteiger partial charge in [0, 0.05) is 0 Å². The van der Waals surface area contributed by atoms with Crippen molar-refractivity contribution in [2.75, 3.05) is 11.8 Å². The number of sulfonamides is 1. The zero-order valence-electron chi connectivity index (χ0n) is 11.8. The van der Waals surface area contributed by atoms with Crippen LogP contribution in [0.5, 0.6) is 5.75 Å². The van der Waals surface area contributed by atoms with Crippen LogP contribution in [0.4, 0.5) is 5.69 Å². The van der Waals surface area contributed by atoms with Crippen molar-refractivity contribution in [3.8, 4) is 5.75 Å². The van der Waals surface area contributed by atoms with Crippen LogP contribution in [-0.4, -0.2) is 15.5 Å². The summed E-state index contributed by atoms with van der Waals surface area (Å²) < 4.78 is 33.5. The van der Waals surface area contributed by atoms with Crippen molar-refractivity contribution in [2.45, 2.75) is 18.2 Å². The summed E-state index contributed by atoms with van der Waals surface area (Å²) in [5.74, 6) is 0.656. The monoisotopic (exact) mass is 417 g/mol. The van der Waals surface area contributed by atoms with E-state index in [4.69, 9.17) is 4.74 Å². The molecule has 1 N–H and O–H groups in total. The fourth-order valence-corrected chi connectivity index (χ4v) is 4.02. The minimum absolute atomic E-state index is 0.221. The van der Waals surface area contributed by atoms with E-state index in [0.717, 1.165) is 15.6 Å². The van der Waals surface area contributed by atoms with Gasteiger partial charge in [-0.2, -0.15) is 0 Å². The topological polar surface area (TPSA) is 55.4 Å². The Labute approximate surface area is 138 Å². The molecule has 2 aromatic rings. The number of hydrogen-bond donors (Lipinski definition) is 1. The first-order valence-corrected chi connectivity index (χ1v) is 8.98. The fourth-order valence-electron chi connectivity index (χ4n) is 1.95. The van der Waals surface area contributed by atoms with Gasteiger partial charge in [0.2, 0.25) is 0 Å². The molecule has 0 bridgehead atoms. The van der Waals surface area contributed by atoms with E-state index in [9.17, 15) is 8.42 Å². The quantitative estimate of drug-likeness (QED) is 0.756. The molecule has 0 amide bonds. The highest BCUT2D eigenvalue weighted by molar-refractivity contribution is 14.1. The third-order valence-electron chi connectivity index (χ3n) is 3.08. The number of para-hydroxylation sites is 1. The molecule has 0 radical (unpaired) electrons. The normalized spacial score (nSPS) is 11.2. The third kappa shape index (κ3) is 3.68. The SMILES string of the molecule is CCc1ccccc1NS(=O)(=O)c1ccc(OC)c(I)c1. The summed E-state index contributed by atoms with van der Waals surface area (Å²) in [4.78, 5) is 0.221. The summed E-state index contributed by atoms with van der Waals surface area (Å²) in [6, 6.07) is 12.2. The first-order chi connectivity index (χ1) is 9.97. The molecule has 0 unspecified atom stereocenters. The highest BCUT2D eigenvalue weighted by atomic mass is 127. The van der Waals surface area contributed by atoms with Crippen LogP contribution in [0.1, 0.15) is 12.5 Å². The van der Waals surface area contributed by atoms with Crippen LogP contribution < -0.4 is 9.46 Å².